The monoisotopic (exact) mass is 400 g/mol. The molecule has 4 rings (SSSR count). The molecule has 1 atom stereocenters. The van der Waals surface area contributed by atoms with E-state index in [2.05, 4.69) is 5.16 Å². The lowest BCUT2D eigenvalue weighted by molar-refractivity contribution is 0.0787. The van der Waals surface area contributed by atoms with E-state index in [1.165, 1.54) is 11.8 Å². The summed E-state index contributed by atoms with van der Waals surface area (Å²) in [5, 5.41) is 5.10. The molecule has 6 heteroatoms. The number of carbonyl (C=O) groups excluding carboxylic acids is 1. The van der Waals surface area contributed by atoms with E-state index >= 15 is 0 Å². The zero-order chi connectivity index (χ0) is 18.8. The van der Waals surface area contributed by atoms with Gasteiger partial charge in [0, 0.05) is 23.7 Å². The lowest BCUT2D eigenvalue weighted by Gasteiger charge is -2.16. The number of nitrogens with zero attached hydrogens (tertiary/aromatic N) is 2. The number of amides is 1. The van der Waals surface area contributed by atoms with Crippen LogP contribution in [0.25, 0.3) is 11.3 Å². The fourth-order valence-corrected chi connectivity index (χ4v) is 3.89. The van der Waals surface area contributed by atoms with Crippen molar-refractivity contribution in [3.63, 3.8) is 0 Å². The summed E-state index contributed by atoms with van der Waals surface area (Å²) in [6.07, 6.45) is 3.39. The van der Waals surface area contributed by atoms with Gasteiger partial charge in [-0.2, -0.15) is 0 Å². The Morgan fingerprint density at radius 3 is 2.70 bits per heavy atom. The first kappa shape index (κ1) is 18.1. The largest absolute Gasteiger partial charge is 0.355 e. The molecule has 1 amide bonds. The predicted molar refractivity (Wildman–Crippen MR) is 106 cm³/mol. The number of aromatic nitrogens is 1. The molecule has 1 aromatic heterocycles. The first-order chi connectivity index (χ1) is 13.1. The number of hydrogen-bond acceptors (Lipinski definition) is 3. The van der Waals surface area contributed by atoms with E-state index in [-0.39, 0.29) is 5.91 Å². The molecule has 1 aliphatic rings. The summed E-state index contributed by atoms with van der Waals surface area (Å²) in [5.41, 5.74) is 2.37. The number of carbonyl (C=O) groups is 1. The molecule has 4 nitrogen and oxygen atoms in total. The van der Waals surface area contributed by atoms with Crippen LogP contribution in [0.5, 0.6) is 0 Å². The smallest absolute Gasteiger partial charge is 0.259 e. The van der Waals surface area contributed by atoms with Gasteiger partial charge in [0.25, 0.3) is 5.91 Å². The van der Waals surface area contributed by atoms with Gasteiger partial charge in [-0.15, -0.1) is 0 Å². The topological polar surface area (TPSA) is 46.3 Å². The van der Waals surface area contributed by atoms with Crippen molar-refractivity contribution >= 4 is 29.1 Å². The van der Waals surface area contributed by atoms with Crippen LogP contribution in [0.1, 0.15) is 22.3 Å². The molecule has 1 fully saturated rings. The maximum absolute atomic E-state index is 13.0. The van der Waals surface area contributed by atoms with Crippen molar-refractivity contribution in [3.05, 3.63) is 75.9 Å². The Morgan fingerprint density at radius 2 is 1.93 bits per heavy atom. The van der Waals surface area contributed by atoms with Crippen LogP contribution in [-0.2, 0) is 6.42 Å². The number of halogens is 2. The Labute approximate surface area is 167 Å². The molecule has 0 spiro atoms. The average molecular weight is 401 g/mol. The molecule has 1 unspecified atom stereocenters. The Hall–Kier alpha value is -2.30. The van der Waals surface area contributed by atoms with Gasteiger partial charge in [0.2, 0.25) is 0 Å². The number of benzene rings is 2. The molecule has 1 saturated heterocycles. The first-order valence-corrected chi connectivity index (χ1v) is 9.60. The summed E-state index contributed by atoms with van der Waals surface area (Å²) in [7, 11) is 0. The molecule has 27 heavy (non-hydrogen) atoms. The van der Waals surface area contributed by atoms with Gasteiger partial charge in [-0.3, -0.25) is 4.79 Å². The minimum atomic E-state index is -0.0650. The van der Waals surface area contributed by atoms with Crippen LogP contribution >= 0.6 is 23.2 Å². The summed E-state index contributed by atoms with van der Waals surface area (Å²) in [6, 6.07) is 15.2. The SMILES string of the molecule is O=C(c1cnoc1-c1ccccc1Cl)N1CCC(Cc2ccc(Cl)cc2)C1. The maximum atomic E-state index is 13.0. The molecule has 0 radical (unpaired) electrons. The van der Waals surface area contributed by atoms with Crippen molar-refractivity contribution in [1.82, 2.24) is 10.1 Å². The van der Waals surface area contributed by atoms with Crippen molar-refractivity contribution in [2.24, 2.45) is 5.92 Å². The molecule has 0 bridgehead atoms. The quantitative estimate of drug-likeness (QED) is 0.592. The minimum Gasteiger partial charge on any atom is -0.355 e. The number of likely N-dealkylation sites (tertiary alicyclic amines) is 1. The van der Waals surface area contributed by atoms with Crippen LogP contribution in [0.15, 0.2) is 59.3 Å². The van der Waals surface area contributed by atoms with E-state index in [4.69, 9.17) is 27.7 Å². The van der Waals surface area contributed by atoms with E-state index in [1.807, 2.05) is 47.4 Å². The van der Waals surface area contributed by atoms with Crippen LogP contribution < -0.4 is 0 Å². The predicted octanol–water partition coefficient (Wildman–Crippen LogP) is 5.35. The van der Waals surface area contributed by atoms with E-state index in [0.717, 1.165) is 24.4 Å². The zero-order valence-electron chi connectivity index (χ0n) is 14.6. The van der Waals surface area contributed by atoms with E-state index in [0.29, 0.717) is 34.4 Å². The second-order valence-corrected chi connectivity index (χ2v) is 7.63. The standard InChI is InChI=1S/C21H18Cl2N2O2/c22-16-7-5-14(6-8-16)11-15-9-10-25(13-15)21(26)18-12-24-27-20(18)17-3-1-2-4-19(17)23/h1-8,12,15H,9-11,13H2. The highest BCUT2D eigenvalue weighted by Crippen LogP contribution is 2.32. The van der Waals surface area contributed by atoms with Crippen molar-refractivity contribution in [1.29, 1.82) is 0 Å². The second-order valence-electron chi connectivity index (χ2n) is 6.78. The Kier molecular flexibility index (Phi) is 5.19. The van der Waals surface area contributed by atoms with Crippen LogP contribution in [0.3, 0.4) is 0 Å². The molecule has 1 aliphatic heterocycles. The van der Waals surface area contributed by atoms with Gasteiger partial charge in [0.1, 0.15) is 5.56 Å². The van der Waals surface area contributed by atoms with E-state index in [1.54, 1.807) is 6.07 Å². The summed E-state index contributed by atoms with van der Waals surface area (Å²) in [6.45, 7) is 1.44. The van der Waals surface area contributed by atoms with Crippen molar-refractivity contribution < 1.29 is 9.32 Å². The van der Waals surface area contributed by atoms with Crippen molar-refractivity contribution in [3.8, 4) is 11.3 Å². The van der Waals surface area contributed by atoms with Crippen LogP contribution in [0, 0.1) is 5.92 Å². The van der Waals surface area contributed by atoms with Gasteiger partial charge < -0.3 is 9.42 Å². The van der Waals surface area contributed by atoms with Gasteiger partial charge in [-0.05, 0) is 48.6 Å². The van der Waals surface area contributed by atoms with Gasteiger partial charge in [-0.1, -0.05) is 52.6 Å². The molecular formula is C21H18Cl2N2O2. The molecule has 2 aromatic carbocycles. The van der Waals surface area contributed by atoms with E-state index in [9.17, 15) is 4.79 Å². The lowest BCUT2D eigenvalue weighted by atomic mass is 9.99. The van der Waals surface area contributed by atoms with Gasteiger partial charge >= 0.3 is 0 Å². The van der Waals surface area contributed by atoms with Crippen LogP contribution in [0.2, 0.25) is 10.0 Å². The highest BCUT2D eigenvalue weighted by atomic mass is 35.5. The van der Waals surface area contributed by atoms with Crippen molar-refractivity contribution in [2.75, 3.05) is 13.1 Å². The average Bonchev–Trinajstić information content (AvgIpc) is 3.33. The Balaban J connectivity index is 1.48. The fraction of sp³-hybridized carbons (Fsp3) is 0.238. The fourth-order valence-electron chi connectivity index (χ4n) is 3.54. The third-order valence-corrected chi connectivity index (χ3v) is 5.51. The maximum Gasteiger partial charge on any atom is 0.259 e. The lowest BCUT2D eigenvalue weighted by Crippen LogP contribution is -2.29. The van der Waals surface area contributed by atoms with Gasteiger partial charge in [-0.25, -0.2) is 0 Å². The zero-order valence-corrected chi connectivity index (χ0v) is 16.1. The summed E-state index contributed by atoms with van der Waals surface area (Å²) in [5.74, 6) is 0.787. The molecule has 138 valence electrons. The van der Waals surface area contributed by atoms with Gasteiger partial charge in [0.15, 0.2) is 5.76 Å². The Bertz CT molecular complexity index is 953. The molecule has 0 saturated carbocycles. The molecular weight excluding hydrogens is 383 g/mol. The van der Waals surface area contributed by atoms with E-state index < -0.39 is 0 Å². The van der Waals surface area contributed by atoms with Crippen LogP contribution in [-0.4, -0.2) is 29.1 Å². The highest BCUT2D eigenvalue weighted by molar-refractivity contribution is 6.33. The first-order valence-electron chi connectivity index (χ1n) is 8.85. The third-order valence-electron chi connectivity index (χ3n) is 4.93. The summed E-state index contributed by atoms with van der Waals surface area (Å²) < 4.78 is 5.35. The van der Waals surface area contributed by atoms with Crippen LogP contribution in [0.4, 0.5) is 0 Å². The van der Waals surface area contributed by atoms with Crippen molar-refractivity contribution in [2.45, 2.75) is 12.8 Å². The molecule has 0 N–H and O–H groups in total. The second kappa shape index (κ2) is 7.75. The molecule has 3 aromatic rings. The molecule has 2 heterocycles. The minimum absolute atomic E-state index is 0.0650. The number of rotatable bonds is 4. The third kappa shape index (κ3) is 3.87. The Morgan fingerprint density at radius 1 is 1.15 bits per heavy atom. The summed E-state index contributed by atoms with van der Waals surface area (Å²) in [4.78, 5) is 14.9. The number of hydrogen-bond donors (Lipinski definition) is 0. The highest BCUT2D eigenvalue weighted by Gasteiger charge is 2.30. The summed E-state index contributed by atoms with van der Waals surface area (Å²) >= 11 is 12.2. The normalized spacial score (nSPS) is 16.7. The molecule has 0 aliphatic carbocycles. The van der Waals surface area contributed by atoms with Gasteiger partial charge in [0.05, 0.1) is 11.2 Å².